The third-order valence-electron chi connectivity index (χ3n) is 13.4. The van der Waals surface area contributed by atoms with Gasteiger partial charge in [0, 0.05) is 12.8 Å². The Labute approximate surface area is 267 Å². The summed E-state index contributed by atoms with van der Waals surface area (Å²) in [5.41, 5.74) is 2.49. The van der Waals surface area contributed by atoms with Crippen LogP contribution < -0.4 is 0 Å². The van der Waals surface area contributed by atoms with Gasteiger partial charge in [0.05, 0.1) is 0 Å². The molecule has 4 aliphatic rings. The molecule has 0 aromatic heterocycles. The van der Waals surface area contributed by atoms with Crippen molar-refractivity contribution in [2.24, 2.45) is 52.3 Å². The predicted molar refractivity (Wildman–Crippen MR) is 184 cm³/mol. The van der Waals surface area contributed by atoms with E-state index in [1.807, 2.05) is 0 Å². The molecule has 0 N–H and O–H groups in total. The second-order valence-corrected chi connectivity index (χ2v) is 16.1. The van der Waals surface area contributed by atoms with E-state index in [0.717, 1.165) is 86.4 Å². The van der Waals surface area contributed by atoms with E-state index < -0.39 is 0 Å². The monoisotopic (exact) mass is 593 g/mol. The Kier molecular flexibility index (Phi) is 12.7. The van der Waals surface area contributed by atoms with Crippen molar-refractivity contribution in [3.63, 3.8) is 0 Å². The highest BCUT2D eigenvalue weighted by Gasteiger charge is 2.59. The smallest absolute Gasteiger partial charge is 0.306 e. The minimum absolute atomic E-state index is 0.0240. The minimum Gasteiger partial charge on any atom is -0.462 e. The number of hydrogen-bond donors (Lipinski definition) is 0. The largest absolute Gasteiger partial charge is 0.462 e. The number of carbonyl (C=O) groups excluding carboxylic acids is 1. The lowest BCUT2D eigenvalue weighted by atomic mass is 9.47. The topological polar surface area (TPSA) is 26.3 Å². The van der Waals surface area contributed by atoms with E-state index in [1.165, 1.54) is 57.8 Å². The van der Waals surface area contributed by atoms with E-state index >= 15 is 0 Å². The highest BCUT2D eigenvalue weighted by Crippen LogP contribution is 2.67. The molecule has 3 saturated carbocycles. The minimum atomic E-state index is 0.0240. The zero-order valence-corrected chi connectivity index (χ0v) is 29.3. The van der Waals surface area contributed by atoms with Crippen LogP contribution in [0, 0.1) is 52.3 Å². The van der Waals surface area contributed by atoms with Crippen molar-refractivity contribution >= 4 is 5.97 Å². The number of carbonyl (C=O) groups is 1. The van der Waals surface area contributed by atoms with Crippen LogP contribution in [0.5, 0.6) is 0 Å². The summed E-state index contributed by atoms with van der Waals surface area (Å²) in [6.07, 6.45) is 31.8. The van der Waals surface area contributed by atoms with Gasteiger partial charge >= 0.3 is 5.97 Å². The summed E-state index contributed by atoms with van der Waals surface area (Å²) in [6.45, 7) is 17.3. The predicted octanol–water partition coefficient (Wildman–Crippen LogP) is 12.0. The number of fused-ring (bicyclic) bond motifs is 5. The van der Waals surface area contributed by atoms with Crippen molar-refractivity contribution in [2.45, 2.75) is 164 Å². The quantitative estimate of drug-likeness (QED) is 0.107. The van der Waals surface area contributed by atoms with Gasteiger partial charge in [-0.2, -0.15) is 0 Å². The Balaban J connectivity index is 1.27. The van der Waals surface area contributed by atoms with Crippen molar-refractivity contribution < 1.29 is 9.53 Å². The van der Waals surface area contributed by atoms with Gasteiger partial charge in [0.15, 0.2) is 0 Å². The third-order valence-corrected chi connectivity index (χ3v) is 13.4. The molecule has 2 nitrogen and oxygen atoms in total. The number of hydrogen-bond acceptors (Lipinski definition) is 2. The molecule has 0 aromatic carbocycles. The van der Waals surface area contributed by atoms with E-state index in [9.17, 15) is 4.79 Å². The van der Waals surface area contributed by atoms with Gasteiger partial charge in [-0.1, -0.05) is 97.3 Å². The molecule has 0 heterocycles. The van der Waals surface area contributed by atoms with E-state index in [1.54, 1.807) is 5.57 Å². The lowest BCUT2D eigenvalue weighted by Crippen LogP contribution is -2.51. The molecule has 0 bridgehead atoms. The Hall–Kier alpha value is -1.31. The van der Waals surface area contributed by atoms with E-state index in [0.29, 0.717) is 17.3 Å². The molecule has 0 aliphatic heterocycles. The maximum Gasteiger partial charge on any atom is 0.306 e. The highest BCUT2D eigenvalue weighted by atomic mass is 16.5. The zero-order chi connectivity index (χ0) is 31.0. The van der Waals surface area contributed by atoms with Crippen LogP contribution >= 0.6 is 0 Å². The van der Waals surface area contributed by atoms with Crippen molar-refractivity contribution in [2.75, 3.05) is 0 Å². The van der Waals surface area contributed by atoms with Gasteiger partial charge in [-0.25, -0.2) is 0 Å². The van der Waals surface area contributed by atoms with Gasteiger partial charge in [-0.15, -0.1) is 0 Å². The first-order chi connectivity index (χ1) is 20.6. The number of rotatable bonds is 15. The summed E-state index contributed by atoms with van der Waals surface area (Å²) < 4.78 is 6.07. The standard InChI is InChI=1S/C41H68O2/c1-8-10-11-12-13-14-15-16-17-18-39(42)43-34-25-27-40(6)33(29-34)21-22-35-37-24-23-36(41(37,7)28-26-38(35)40)31(5)19-20-32(9-2)30(3)4/h10-11,13-14,21,30-32,34-38H,8-9,12,15-20,22-29H2,1-7H3/b11-10-,14-13-. The zero-order valence-electron chi connectivity index (χ0n) is 29.3. The number of unbranched alkanes of at least 4 members (excludes halogenated alkanes) is 2. The Morgan fingerprint density at radius 3 is 2.49 bits per heavy atom. The summed E-state index contributed by atoms with van der Waals surface area (Å²) in [5, 5.41) is 0. The molecule has 9 atom stereocenters. The first kappa shape index (κ1) is 34.6. The molecule has 43 heavy (non-hydrogen) atoms. The fraction of sp³-hybridized carbons (Fsp3) is 0.829. The average Bonchev–Trinajstić information content (AvgIpc) is 3.34. The van der Waals surface area contributed by atoms with Crippen molar-refractivity contribution in [3.05, 3.63) is 36.0 Å². The van der Waals surface area contributed by atoms with Gasteiger partial charge in [0.25, 0.3) is 0 Å². The summed E-state index contributed by atoms with van der Waals surface area (Å²) in [5.74, 6) is 6.10. The molecule has 0 aromatic rings. The van der Waals surface area contributed by atoms with Crippen LogP contribution in [0.25, 0.3) is 0 Å². The fourth-order valence-corrected chi connectivity index (χ4v) is 10.7. The average molecular weight is 593 g/mol. The molecule has 4 aliphatic carbocycles. The van der Waals surface area contributed by atoms with Crippen LogP contribution in [0.15, 0.2) is 36.0 Å². The first-order valence-corrected chi connectivity index (χ1v) is 18.8. The highest BCUT2D eigenvalue weighted by molar-refractivity contribution is 5.69. The van der Waals surface area contributed by atoms with Crippen LogP contribution in [-0.4, -0.2) is 12.1 Å². The number of allylic oxidation sites excluding steroid dienone is 5. The lowest BCUT2D eigenvalue weighted by Gasteiger charge is -2.58. The SMILES string of the molecule is CC/C=C\C/C=C\CCCCC(=O)OC1CCC2(C)C(=CCC3C2CCC2(C)C(C(C)CCC(CC)C(C)C)CCC32)C1. The van der Waals surface area contributed by atoms with Gasteiger partial charge in [-0.05, 0) is 136 Å². The maximum atomic E-state index is 12.7. The molecular formula is C41H68O2. The molecule has 0 saturated heterocycles. The summed E-state index contributed by atoms with van der Waals surface area (Å²) in [6, 6.07) is 0. The van der Waals surface area contributed by atoms with E-state index in [-0.39, 0.29) is 12.1 Å². The molecular weight excluding hydrogens is 524 g/mol. The van der Waals surface area contributed by atoms with Crippen molar-refractivity contribution in [3.8, 4) is 0 Å². The summed E-state index contributed by atoms with van der Waals surface area (Å²) in [4.78, 5) is 12.7. The third kappa shape index (κ3) is 8.10. The van der Waals surface area contributed by atoms with Crippen LogP contribution in [0.2, 0.25) is 0 Å². The molecule has 0 amide bonds. The number of ether oxygens (including phenoxy) is 1. The molecule has 4 rings (SSSR count). The van der Waals surface area contributed by atoms with Gasteiger partial charge in [-0.3, -0.25) is 4.79 Å². The van der Waals surface area contributed by atoms with Crippen LogP contribution in [0.1, 0.15) is 158 Å². The Bertz CT molecular complexity index is 972. The molecule has 0 spiro atoms. The molecule has 9 unspecified atom stereocenters. The second-order valence-electron chi connectivity index (χ2n) is 16.1. The van der Waals surface area contributed by atoms with Crippen molar-refractivity contribution in [1.29, 1.82) is 0 Å². The number of esters is 1. The maximum absolute atomic E-state index is 12.7. The molecule has 0 radical (unpaired) electrons. The summed E-state index contributed by atoms with van der Waals surface area (Å²) in [7, 11) is 0. The van der Waals surface area contributed by atoms with Gasteiger partial charge < -0.3 is 4.74 Å². The Morgan fingerprint density at radius 2 is 1.74 bits per heavy atom. The van der Waals surface area contributed by atoms with Gasteiger partial charge in [0.1, 0.15) is 6.10 Å². The summed E-state index contributed by atoms with van der Waals surface area (Å²) >= 11 is 0. The van der Waals surface area contributed by atoms with E-state index in [4.69, 9.17) is 4.74 Å². The van der Waals surface area contributed by atoms with Crippen LogP contribution in [0.4, 0.5) is 0 Å². The molecule has 2 heteroatoms. The molecule has 244 valence electrons. The molecule has 3 fully saturated rings. The van der Waals surface area contributed by atoms with E-state index in [2.05, 4.69) is 78.8 Å². The fourth-order valence-electron chi connectivity index (χ4n) is 10.7. The Morgan fingerprint density at radius 1 is 0.953 bits per heavy atom. The lowest BCUT2D eigenvalue weighted by molar-refractivity contribution is -0.151. The first-order valence-electron chi connectivity index (χ1n) is 18.8. The normalized spacial score (nSPS) is 35.4. The second kappa shape index (κ2) is 15.8. The van der Waals surface area contributed by atoms with Gasteiger partial charge in [0.2, 0.25) is 0 Å². The van der Waals surface area contributed by atoms with Crippen molar-refractivity contribution in [1.82, 2.24) is 0 Å². The van der Waals surface area contributed by atoms with Crippen LogP contribution in [-0.2, 0) is 9.53 Å². The van der Waals surface area contributed by atoms with Crippen LogP contribution in [0.3, 0.4) is 0 Å².